The van der Waals surface area contributed by atoms with Gasteiger partial charge in [-0.15, -0.1) is 0 Å². The van der Waals surface area contributed by atoms with Gasteiger partial charge in [-0.05, 0) is 44.6 Å². The lowest BCUT2D eigenvalue weighted by Gasteiger charge is -2.42. The molecule has 0 aromatic heterocycles. The van der Waals surface area contributed by atoms with Crippen molar-refractivity contribution < 1.29 is 0 Å². The Bertz CT molecular complexity index is 244. The number of rotatable bonds is 6. The SMILES string of the molecule is CCNC1CCCC(N(CC(C)C)C2CCCC2)C1. The van der Waals surface area contributed by atoms with E-state index in [9.17, 15) is 0 Å². The molecule has 0 radical (unpaired) electrons. The molecule has 1 N–H and O–H groups in total. The van der Waals surface area contributed by atoms with Crippen LogP contribution in [0.4, 0.5) is 0 Å². The van der Waals surface area contributed by atoms with Gasteiger partial charge in [-0.25, -0.2) is 0 Å². The van der Waals surface area contributed by atoms with Gasteiger partial charge in [0.2, 0.25) is 0 Å². The maximum atomic E-state index is 3.69. The van der Waals surface area contributed by atoms with Crippen molar-refractivity contribution in [3.05, 3.63) is 0 Å². The van der Waals surface area contributed by atoms with Crippen LogP contribution in [0.2, 0.25) is 0 Å². The predicted octanol–water partition coefficient (Wildman–Crippen LogP) is 3.81. The topological polar surface area (TPSA) is 15.3 Å². The number of nitrogens with zero attached hydrogens (tertiary/aromatic N) is 1. The van der Waals surface area contributed by atoms with Gasteiger partial charge in [-0.1, -0.05) is 40.0 Å². The first-order valence-electron chi connectivity index (χ1n) is 8.69. The Balaban J connectivity index is 1.95. The zero-order valence-electron chi connectivity index (χ0n) is 13.3. The van der Waals surface area contributed by atoms with Gasteiger partial charge in [-0.2, -0.15) is 0 Å². The minimum atomic E-state index is 0.778. The van der Waals surface area contributed by atoms with Crippen LogP contribution in [-0.2, 0) is 0 Å². The summed E-state index contributed by atoms with van der Waals surface area (Å²) in [5.41, 5.74) is 0. The molecule has 2 fully saturated rings. The molecule has 2 saturated carbocycles. The van der Waals surface area contributed by atoms with E-state index in [1.54, 1.807) is 0 Å². The summed E-state index contributed by atoms with van der Waals surface area (Å²) in [7, 11) is 0. The second kappa shape index (κ2) is 7.64. The van der Waals surface area contributed by atoms with Crippen molar-refractivity contribution >= 4 is 0 Å². The first-order valence-corrected chi connectivity index (χ1v) is 8.69. The van der Waals surface area contributed by atoms with Crippen LogP contribution < -0.4 is 5.32 Å². The Hall–Kier alpha value is -0.0800. The van der Waals surface area contributed by atoms with Crippen molar-refractivity contribution in [1.82, 2.24) is 10.2 Å². The van der Waals surface area contributed by atoms with Crippen LogP contribution in [0.15, 0.2) is 0 Å². The van der Waals surface area contributed by atoms with Crippen LogP contribution in [0.1, 0.15) is 72.1 Å². The average molecular weight is 266 g/mol. The van der Waals surface area contributed by atoms with E-state index in [4.69, 9.17) is 0 Å². The molecule has 2 aliphatic carbocycles. The van der Waals surface area contributed by atoms with E-state index in [0.29, 0.717) is 0 Å². The fraction of sp³-hybridized carbons (Fsp3) is 1.00. The molecule has 0 amide bonds. The van der Waals surface area contributed by atoms with Gasteiger partial charge in [-0.3, -0.25) is 4.90 Å². The van der Waals surface area contributed by atoms with E-state index in [-0.39, 0.29) is 0 Å². The standard InChI is InChI=1S/C17H34N2/c1-4-18-15-8-7-11-17(12-15)19(13-14(2)3)16-9-5-6-10-16/h14-18H,4-13H2,1-3H3. The van der Waals surface area contributed by atoms with Crippen LogP contribution in [0.25, 0.3) is 0 Å². The van der Waals surface area contributed by atoms with Crippen LogP contribution in [0, 0.1) is 5.92 Å². The highest BCUT2D eigenvalue weighted by Crippen LogP contribution is 2.31. The molecule has 0 saturated heterocycles. The molecule has 0 spiro atoms. The molecule has 0 aliphatic heterocycles. The molecule has 2 nitrogen and oxygen atoms in total. The fourth-order valence-corrected chi connectivity index (χ4v) is 4.19. The lowest BCUT2D eigenvalue weighted by atomic mass is 9.88. The van der Waals surface area contributed by atoms with Crippen molar-refractivity contribution in [2.45, 2.75) is 90.3 Å². The van der Waals surface area contributed by atoms with Crippen molar-refractivity contribution in [2.75, 3.05) is 13.1 Å². The molecular formula is C17H34N2. The highest BCUT2D eigenvalue weighted by atomic mass is 15.2. The van der Waals surface area contributed by atoms with E-state index in [2.05, 4.69) is 31.0 Å². The molecule has 0 heterocycles. The third-order valence-electron chi connectivity index (χ3n) is 4.98. The molecule has 2 unspecified atom stereocenters. The van der Waals surface area contributed by atoms with Crippen molar-refractivity contribution in [3.8, 4) is 0 Å². The van der Waals surface area contributed by atoms with Crippen molar-refractivity contribution in [1.29, 1.82) is 0 Å². The molecule has 2 atom stereocenters. The maximum Gasteiger partial charge on any atom is 0.0113 e. The highest BCUT2D eigenvalue weighted by molar-refractivity contribution is 4.89. The van der Waals surface area contributed by atoms with Crippen molar-refractivity contribution in [3.63, 3.8) is 0 Å². The number of hydrogen-bond acceptors (Lipinski definition) is 2. The van der Waals surface area contributed by atoms with Crippen LogP contribution in [0.5, 0.6) is 0 Å². The minimum Gasteiger partial charge on any atom is -0.314 e. The molecule has 0 aromatic carbocycles. The molecule has 0 bridgehead atoms. The van der Waals surface area contributed by atoms with Gasteiger partial charge in [0.05, 0.1) is 0 Å². The Morgan fingerprint density at radius 3 is 2.32 bits per heavy atom. The summed E-state index contributed by atoms with van der Waals surface area (Å²) in [6, 6.07) is 2.52. The Labute approximate surface area is 120 Å². The van der Waals surface area contributed by atoms with Gasteiger partial charge < -0.3 is 5.32 Å². The van der Waals surface area contributed by atoms with Crippen LogP contribution in [-0.4, -0.2) is 36.1 Å². The van der Waals surface area contributed by atoms with Gasteiger partial charge in [0.15, 0.2) is 0 Å². The fourth-order valence-electron chi connectivity index (χ4n) is 4.19. The van der Waals surface area contributed by atoms with Gasteiger partial charge in [0.25, 0.3) is 0 Å². The van der Waals surface area contributed by atoms with Gasteiger partial charge in [0.1, 0.15) is 0 Å². The summed E-state index contributed by atoms with van der Waals surface area (Å²) in [5, 5.41) is 3.69. The van der Waals surface area contributed by atoms with Crippen LogP contribution >= 0.6 is 0 Å². The summed E-state index contributed by atoms with van der Waals surface area (Å²) in [5.74, 6) is 0.806. The average Bonchev–Trinajstić information content (AvgIpc) is 2.90. The minimum absolute atomic E-state index is 0.778. The van der Waals surface area contributed by atoms with E-state index < -0.39 is 0 Å². The molecular weight excluding hydrogens is 232 g/mol. The smallest absolute Gasteiger partial charge is 0.0113 e. The monoisotopic (exact) mass is 266 g/mol. The third-order valence-corrected chi connectivity index (χ3v) is 4.98. The van der Waals surface area contributed by atoms with E-state index in [1.165, 1.54) is 57.9 Å². The number of hydrogen-bond donors (Lipinski definition) is 1. The highest BCUT2D eigenvalue weighted by Gasteiger charge is 2.32. The van der Waals surface area contributed by atoms with E-state index in [0.717, 1.165) is 30.6 Å². The molecule has 19 heavy (non-hydrogen) atoms. The molecule has 2 aliphatic rings. The first kappa shape index (κ1) is 15.3. The maximum absolute atomic E-state index is 3.69. The number of nitrogens with one attached hydrogen (secondary N) is 1. The second-order valence-corrected chi connectivity index (χ2v) is 7.10. The van der Waals surface area contributed by atoms with Gasteiger partial charge >= 0.3 is 0 Å². The summed E-state index contributed by atoms with van der Waals surface area (Å²) >= 11 is 0. The van der Waals surface area contributed by atoms with Gasteiger partial charge in [0, 0.05) is 24.7 Å². The third kappa shape index (κ3) is 4.46. The lowest BCUT2D eigenvalue weighted by molar-refractivity contribution is 0.0821. The van der Waals surface area contributed by atoms with E-state index >= 15 is 0 Å². The Morgan fingerprint density at radius 2 is 1.68 bits per heavy atom. The molecule has 0 aromatic rings. The zero-order valence-corrected chi connectivity index (χ0v) is 13.3. The predicted molar refractivity (Wildman–Crippen MR) is 83.5 cm³/mol. The molecule has 112 valence electrons. The Morgan fingerprint density at radius 1 is 1.00 bits per heavy atom. The first-order chi connectivity index (χ1) is 9.20. The van der Waals surface area contributed by atoms with Crippen LogP contribution in [0.3, 0.4) is 0 Å². The second-order valence-electron chi connectivity index (χ2n) is 7.10. The molecule has 2 heteroatoms. The summed E-state index contributed by atoms with van der Waals surface area (Å²) < 4.78 is 0. The zero-order chi connectivity index (χ0) is 13.7. The largest absolute Gasteiger partial charge is 0.314 e. The normalized spacial score (nSPS) is 29.5. The summed E-state index contributed by atoms with van der Waals surface area (Å²) in [6.45, 7) is 9.45. The summed E-state index contributed by atoms with van der Waals surface area (Å²) in [4.78, 5) is 2.90. The van der Waals surface area contributed by atoms with Crippen molar-refractivity contribution in [2.24, 2.45) is 5.92 Å². The summed E-state index contributed by atoms with van der Waals surface area (Å²) in [6.07, 6.45) is 11.5. The quantitative estimate of drug-likeness (QED) is 0.786. The lowest BCUT2D eigenvalue weighted by Crippen LogP contribution is -2.49. The van der Waals surface area contributed by atoms with E-state index in [1.807, 2.05) is 0 Å². The Kier molecular flexibility index (Phi) is 6.15. The molecule has 2 rings (SSSR count).